The zero-order valence-electron chi connectivity index (χ0n) is 20.4. The number of hydrogen-bond donors (Lipinski definition) is 3. The van der Waals surface area contributed by atoms with Crippen molar-refractivity contribution in [3.63, 3.8) is 0 Å². The molecule has 1 aliphatic rings. The number of nitrogens with zero attached hydrogens (tertiary/aromatic N) is 2. The lowest BCUT2D eigenvalue weighted by molar-refractivity contribution is -0.138. The Morgan fingerprint density at radius 2 is 1.84 bits per heavy atom. The molecule has 9 nitrogen and oxygen atoms in total. The Morgan fingerprint density at radius 3 is 2.47 bits per heavy atom. The Labute approximate surface area is 217 Å². The molecule has 1 amide bonds. The number of carbonyl (C=O) groups excluding carboxylic acids is 1. The van der Waals surface area contributed by atoms with E-state index in [0.717, 1.165) is 36.6 Å². The Balaban J connectivity index is 1.54. The van der Waals surface area contributed by atoms with Gasteiger partial charge in [-0.15, -0.1) is 0 Å². The van der Waals surface area contributed by atoms with Crippen LogP contribution in [0.5, 0.6) is 0 Å². The fourth-order valence-electron chi connectivity index (χ4n) is 4.54. The molecule has 1 aromatic carbocycles. The average Bonchev–Trinajstić information content (AvgIpc) is 3.55. The van der Waals surface area contributed by atoms with Gasteiger partial charge in [-0.3, -0.25) is 14.7 Å². The van der Waals surface area contributed by atoms with Crippen LogP contribution in [-0.2, 0) is 14.8 Å². The van der Waals surface area contributed by atoms with Crippen LogP contribution in [0.2, 0.25) is 0 Å². The van der Waals surface area contributed by atoms with Crippen LogP contribution in [0.4, 0.5) is 13.2 Å². The van der Waals surface area contributed by atoms with Crippen molar-refractivity contribution in [2.45, 2.75) is 49.1 Å². The second-order valence-electron chi connectivity index (χ2n) is 9.28. The Hall–Kier alpha value is -3.45. The van der Waals surface area contributed by atoms with Gasteiger partial charge in [-0.05, 0) is 36.5 Å². The maximum absolute atomic E-state index is 13.3. The van der Waals surface area contributed by atoms with E-state index in [1.165, 1.54) is 18.3 Å². The summed E-state index contributed by atoms with van der Waals surface area (Å²) in [5.41, 5.74) is 0.153. The van der Waals surface area contributed by atoms with E-state index in [0.29, 0.717) is 18.0 Å². The number of aromatic nitrogens is 3. The van der Waals surface area contributed by atoms with Crippen LogP contribution in [0, 0.1) is 5.92 Å². The molecule has 0 spiro atoms. The summed E-state index contributed by atoms with van der Waals surface area (Å²) in [4.78, 5) is 29.6. The molecule has 1 fully saturated rings. The third kappa shape index (κ3) is 6.90. The third-order valence-electron chi connectivity index (χ3n) is 6.55. The van der Waals surface area contributed by atoms with E-state index in [9.17, 15) is 31.2 Å². The molecule has 0 aliphatic heterocycles. The lowest BCUT2D eigenvalue weighted by Crippen LogP contribution is -2.35. The second kappa shape index (κ2) is 11.5. The molecule has 0 radical (unpaired) electrons. The van der Waals surface area contributed by atoms with Crippen molar-refractivity contribution in [1.29, 1.82) is 0 Å². The molecule has 2 aromatic heterocycles. The van der Waals surface area contributed by atoms with Crippen LogP contribution < -0.4 is 15.6 Å². The number of pyridine rings is 1. The molecule has 204 valence electrons. The summed E-state index contributed by atoms with van der Waals surface area (Å²) >= 11 is 0. The third-order valence-corrected chi connectivity index (χ3v) is 7.96. The second-order valence-corrected chi connectivity index (χ2v) is 11.1. The van der Waals surface area contributed by atoms with Crippen LogP contribution in [0.15, 0.2) is 64.5 Å². The molecule has 0 saturated heterocycles. The van der Waals surface area contributed by atoms with E-state index in [1.54, 1.807) is 30.3 Å². The van der Waals surface area contributed by atoms with Crippen LogP contribution in [-0.4, -0.2) is 48.4 Å². The van der Waals surface area contributed by atoms with Gasteiger partial charge in [0, 0.05) is 36.8 Å². The predicted octanol–water partition coefficient (Wildman–Crippen LogP) is 3.23. The first-order valence-corrected chi connectivity index (χ1v) is 13.7. The highest BCUT2D eigenvalue weighted by molar-refractivity contribution is 7.89. The molecule has 1 atom stereocenters. The summed E-state index contributed by atoms with van der Waals surface area (Å²) in [5.74, 6) is -1.25. The van der Waals surface area contributed by atoms with Crippen molar-refractivity contribution >= 4 is 15.9 Å². The Bertz CT molecular complexity index is 1400. The van der Waals surface area contributed by atoms with Gasteiger partial charge in [0.25, 0.3) is 5.56 Å². The number of alkyl halides is 3. The summed E-state index contributed by atoms with van der Waals surface area (Å²) in [7, 11) is -3.77. The van der Waals surface area contributed by atoms with Gasteiger partial charge in [-0.1, -0.05) is 43.2 Å². The Morgan fingerprint density at radius 1 is 1.13 bits per heavy atom. The van der Waals surface area contributed by atoms with E-state index in [-0.39, 0.29) is 22.7 Å². The van der Waals surface area contributed by atoms with Crippen LogP contribution in [0.3, 0.4) is 0 Å². The predicted molar refractivity (Wildman–Crippen MR) is 133 cm³/mol. The summed E-state index contributed by atoms with van der Waals surface area (Å²) in [6.45, 7) is -1.11. The SMILES string of the molecule is O=C(CC(c1ccccc1)c1c[nH]n(-c2ccc(S(=O)(=O)NCC3CCCC3)cn2)c1=O)NCC(F)(F)F. The van der Waals surface area contributed by atoms with Crippen LogP contribution in [0.1, 0.15) is 49.1 Å². The number of hydrogen-bond acceptors (Lipinski definition) is 5. The molecule has 38 heavy (non-hydrogen) atoms. The molecule has 3 N–H and O–H groups in total. The number of benzene rings is 1. The highest BCUT2D eigenvalue weighted by Gasteiger charge is 2.29. The van der Waals surface area contributed by atoms with Crippen molar-refractivity contribution in [2.75, 3.05) is 13.1 Å². The standard InChI is InChI=1S/C25H28F3N5O4S/c26-25(27,28)16-30-23(34)12-20(18-8-2-1-3-9-18)21-15-31-33(24(21)35)22-11-10-19(14-29-22)38(36,37)32-13-17-6-4-5-7-17/h1-3,8-11,14-15,17,20,31-32H,4-7,12-13,16H2,(H,30,34). The van der Waals surface area contributed by atoms with E-state index < -0.39 is 40.1 Å². The first-order chi connectivity index (χ1) is 18.0. The number of sulfonamides is 1. The lowest BCUT2D eigenvalue weighted by Gasteiger charge is -2.16. The molecule has 1 saturated carbocycles. The molecular formula is C25H28F3N5O4S. The highest BCUT2D eigenvalue weighted by Crippen LogP contribution is 2.27. The first-order valence-electron chi connectivity index (χ1n) is 12.2. The van der Waals surface area contributed by atoms with E-state index in [2.05, 4.69) is 14.8 Å². The highest BCUT2D eigenvalue weighted by atomic mass is 32.2. The van der Waals surface area contributed by atoms with Crippen molar-refractivity contribution in [1.82, 2.24) is 24.8 Å². The minimum Gasteiger partial charge on any atom is -0.347 e. The zero-order valence-corrected chi connectivity index (χ0v) is 21.2. The minimum absolute atomic E-state index is 0.0393. The molecule has 2 heterocycles. The molecule has 1 unspecified atom stereocenters. The summed E-state index contributed by atoms with van der Waals surface area (Å²) < 4.78 is 66.6. The number of amides is 1. The van der Waals surface area contributed by atoms with Gasteiger partial charge in [0.05, 0.1) is 0 Å². The van der Waals surface area contributed by atoms with Crippen molar-refractivity contribution in [2.24, 2.45) is 5.92 Å². The van der Waals surface area contributed by atoms with Crippen molar-refractivity contribution < 1.29 is 26.4 Å². The van der Waals surface area contributed by atoms with Gasteiger partial charge < -0.3 is 5.32 Å². The fourth-order valence-corrected chi connectivity index (χ4v) is 5.60. The van der Waals surface area contributed by atoms with E-state index >= 15 is 0 Å². The maximum Gasteiger partial charge on any atom is 0.405 e. The molecule has 1 aliphatic carbocycles. The Kier molecular flexibility index (Phi) is 8.36. The van der Waals surface area contributed by atoms with Gasteiger partial charge in [0.15, 0.2) is 5.82 Å². The monoisotopic (exact) mass is 551 g/mol. The molecule has 4 rings (SSSR count). The smallest absolute Gasteiger partial charge is 0.347 e. The number of rotatable bonds is 10. The minimum atomic E-state index is -4.56. The van der Waals surface area contributed by atoms with Gasteiger partial charge in [-0.25, -0.2) is 22.8 Å². The maximum atomic E-state index is 13.3. The van der Waals surface area contributed by atoms with Gasteiger partial charge in [0.1, 0.15) is 11.4 Å². The summed E-state index contributed by atoms with van der Waals surface area (Å²) in [6.07, 6.45) is 1.75. The van der Waals surface area contributed by atoms with Gasteiger partial charge in [-0.2, -0.15) is 13.2 Å². The average molecular weight is 552 g/mol. The van der Waals surface area contributed by atoms with Crippen LogP contribution >= 0.6 is 0 Å². The van der Waals surface area contributed by atoms with Gasteiger partial charge >= 0.3 is 6.18 Å². The van der Waals surface area contributed by atoms with E-state index in [4.69, 9.17) is 0 Å². The summed E-state index contributed by atoms with van der Waals surface area (Å²) in [5, 5.41) is 4.60. The molecule has 0 bridgehead atoms. The van der Waals surface area contributed by atoms with E-state index in [1.807, 2.05) is 5.32 Å². The van der Waals surface area contributed by atoms with Gasteiger partial charge in [0.2, 0.25) is 15.9 Å². The van der Waals surface area contributed by atoms with Crippen molar-refractivity contribution in [3.8, 4) is 5.82 Å². The number of halogens is 3. The topological polar surface area (TPSA) is 126 Å². The normalized spacial score (nSPS) is 15.4. The quantitative estimate of drug-likeness (QED) is 0.357. The lowest BCUT2D eigenvalue weighted by atomic mass is 9.90. The molecule has 13 heteroatoms. The van der Waals surface area contributed by atoms with Crippen LogP contribution in [0.25, 0.3) is 5.82 Å². The number of H-pyrrole nitrogens is 1. The largest absolute Gasteiger partial charge is 0.405 e. The fraction of sp³-hybridized carbons (Fsp3) is 0.400. The van der Waals surface area contributed by atoms with Crippen molar-refractivity contribution in [3.05, 3.63) is 76.3 Å². The zero-order chi connectivity index (χ0) is 27.3. The molecule has 3 aromatic rings. The molecular weight excluding hydrogens is 523 g/mol. The summed E-state index contributed by atoms with van der Waals surface area (Å²) in [6, 6.07) is 11.2. The number of carbonyl (C=O) groups is 1. The number of nitrogens with one attached hydrogen (secondary N) is 3. The number of aromatic amines is 1. The first kappa shape index (κ1) is 27.6.